The highest BCUT2D eigenvalue weighted by atomic mass is 16.5. The van der Waals surface area contributed by atoms with E-state index in [9.17, 15) is 0 Å². The van der Waals surface area contributed by atoms with Gasteiger partial charge in [-0.15, -0.1) is 0 Å². The summed E-state index contributed by atoms with van der Waals surface area (Å²) in [5, 5.41) is 12.8. The lowest BCUT2D eigenvalue weighted by Crippen LogP contribution is -2.28. The molecular formula is C16H18N4O2. The number of rotatable bonds is 5. The summed E-state index contributed by atoms with van der Waals surface area (Å²) < 4.78 is 10.8. The van der Waals surface area contributed by atoms with Gasteiger partial charge in [-0.1, -0.05) is 5.16 Å². The molecule has 0 unspecified atom stereocenters. The third-order valence-electron chi connectivity index (χ3n) is 3.84. The highest BCUT2D eigenvalue weighted by Crippen LogP contribution is 2.29. The van der Waals surface area contributed by atoms with E-state index in [2.05, 4.69) is 21.1 Å². The van der Waals surface area contributed by atoms with Crippen LogP contribution in [0.1, 0.15) is 36.2 Å². The first-order valence-corrected chi connectivity index (χ1v) is 7.43. The van der Waals surface area contributed by atoms with Crippen LogP contribution in [0, 0.1) is 18.3 Å². The van der Waals surface area contributed by atoms with Crippen molar-refractivity contribution >= 4 is 0 Å². The summed E-state index contributed by atoms with van der Waals surface area (Å²) in [5.74, 6) is 2.16. The second-order valence-electron chi connectivity index (χ2n) is 5.35. The zero-order valence-corrected chi connectivity index (χ0v) is 12.5. The Kier molecular flexibility index (Phi) is 4.35. The molecule has 2 aromatic rings. The Bertz CT molecular complexity index is 660. The van der Waals surface area contributed by atoms with Gasteiger partial charge in [0, 0.05) is 13.5 Å². The van der Waals surface area contributed by atoms with Crippen LogP contribution in [0.25, 0.3) is 0 Å². The fourth-order valence-corrected chi connectivity index (χ4v) is 2.74. The number of hydrogen-bond acceptors (Lipinski definition) is 6. The van der Waals surface area contributed by atoms with Gasteiger partial charge in [0.2, 0.25) is 5.89 Å². The molecule has 1 saturated heterocycles. The van der Waals surface area contributed by atoms with E-state index in [0.29, 0.717) is 18.1 Å². The Morgan fingerprint density at radius 1 is 1.41 bits per heavy atom. The van der Waals surface area contributed by atoms with Gasteiger partial charge < -0.3 is 9.26 Å². The van der Waals surface area contributed by atoms with Crippen molar-refractivity contribution in [2.45, 2.75) is 25.8 Å². The molecule has 0 N–H and O–H groups in total. The summed E-state index contributed by atoms with van der Waals surface area (Å²) in [6, 6.07) is 9.48. The standard InChI is InChI=1S/C16H18N4O2/c1-12-18-16(19-22-12)15-3-2-8-20(15)9-10-21-14-6-4-13(11-17)5-7-14/h4-7,15H,2-3,8-10H2,1H3/t15-/m0/s1. The molecule has 1 aromatic heterocycles. The second kappa shape index (κ2) is 6.58. The van der Waals surface area contributed by atoms with Crippen LogP contribution >= 0.6 is 0 Å². The van der Waals surface area contributed by atoms with Gasteiger partial charge in [0.1, 0.15) is 12.4 Å². The predicted octanol–water partition coefficient (Wildman–Crippen LogP) is 2.47. The number of aromatic nitrogens is 2. The highest BCUT2D eigenvalue weighted by molar-refractivity contribution is 5.34. The molecule has 1 aromatic carbocycles. The fraction of sp³-hybridized carbons (Fsp3) is 0.438. The smallest absolute Gasteiger partial charge is 0.223 e. The molecule has 1 atom stereocenters. The number of nitriles is 1. The Balaban J connectivity index is 1.53. The van der Waals surface area contributed by atoms with Gasteiger partial charge >= 0.3 is 0 Å². The van der Waals surface area contributed by atoms with Crippen LogP contribution in [-0.2, 0) is 0 Å². The monoisotopic (exact) mass is 298 g/mol. The lowest BCUT2D eigenvalue weighted by molar-refractivity contribution is 0.190. The minimum atomic E-state index is 0.224. The number of ether oxygens (including phenoxy) is 1. The van der Waals surface area contributed by atoms with Gasteiger partial charge in [0.05, 0.1) is 17.7 Å². The summed E-state index contributed by atoms with van der Waals surface area (Å²) >= 11 is 0. The minimum Gasteiger partial charge on any atom is -0.492 e. The molecule has 0 spiro atoms. The molecule has 22 heavy (non-hydrogen) atoms. The number of hydrogen-bond donors (Lipinski definition) is 0. The van der Waals surface area contributed by atoms with E-state index < -0.39 is 0 Å². The maximum atomic E-state index is 8.77. The third-order valence-corrected chi connectivity index (χ3v) is 3.84. The predicted molar refractivity (Wildman–Crippen MR) is 79.2 cm³/mol. The lowest BCUT2D eigenvalue weighted by atomic mass is 10.2. The summed E-state index contributed by atoms with van der Waals surface area (Å²) in [4.78, 5) is 6.66. The van der Waals surface area contributed by atoms with Crippen molar-refractivity contribution in [3.8, 4) is 11.8 Å². The van der Waals surface area contributed by atoms with Crippen LogP contribution in [0.15, 0.2) is 28.8 Å². The minimum absolute atomic E-state index is 0.224. The first-order chi connectivity index (χ1) is 10.8. The molecule has 0 saturated carbocycles. The van der Waals surface area contributed by atoms with Gasteiger partial charge in [0.25, 0.3) is 0 Å². The van der Waals surface area contributed by atoms with Crippen LogP contribution in [0.3, 0.4) is 0 Å². The topological polar surface area (TPSA) is 75.2 Å². The van der Waals surface area contributed by atoms with Crippen molar-refractivity contribution in [1.29, 1.82) is 5.26 Å². The molecule has 2 heterocycles. The molecule has 114 valence electrons. The maximum absolute atomic E-state index is 8.77. The van der Waals surface area contributed by atoms with Crippen LogP contribution in [-0.4, -0.2) is 34.7 Å². The van der Waals surface area contributed by atoms with E-state index >= 15 is 0 Å². The Hall–Kier alpha value is -2.39. The number of aryl methyl sites for hydroxylation is 1. The van der Waals surface area contributed by atoms with Gasteiger partial charge in [0.15, 0.2) is 5.82 Å². The molecule has 1 aliphatic rings. The van der Waals surface area contributed by atoms with Crippen molar-refractivity contribution in [3.63, 3.8) is 0 Å². The van der Waals surface area contributed by atoms with Gasteiger partial charge in [-0.2, -0.15) is 10.2 Å². The van der Waals surface area contributed by atoms with Crippen molar-refractivity contribution in [2.75, 3.05) is 19.7 Å². The second-order valence-corrected chi connectivity index (χ2v) is 5.35. The molecule has 3 rings (SSSR count). The largest absolute Gasteiger partial charge is 0.492 e. The SMILES string of the molecule is Cc1nc([C@@H]2CCCN2CCOc2ccc(C#N)cc2)no1. The molecule has 1 fully saturated rings. The van der Waals surface area contributed by atoms with Crippen LogP contribution in [0.2, 0.25) is 0 Å². The van der Waals surface area contributed by atoms with Gasteiger partial charge in [-0.25, -0.2) is 0 Å². The molecule has 0 amide bonds. The van der Waals surface area contributed by atoms with Crippen LogP contribution in [0.4, 0.5) is 0 Å². The molecule has 6 nitrogen and oxygen atoms in total. The average Bonchev–Trinajstić information content (AvgIpc) is 3.16. The zero-order valence-electron chi connectivity index (χ0n) is 12.5. The lowest BCUT2D eigenvalue weighted by Gasteiger charge is -2.21. The highest BCUT2D eigenvalue weighted by Gasteiger charge is 2.29. The quantitative estimate of drug-likeness (QED) is 0.844. The van der Waals surface area contributed by atoms with Crippen molar-refractivity contribution in [3.05, 3.63) is 41.5 Å². The number of benzene rings is 1. The summed E-state index contributed by atoms with van der Waals surface area (Å²) in [6.07, 6.45) is 2.19. The Morgan fingerprint density at radius 3 is 2.91 bits per heavy atom. The molecule has 0 aliphatic carbocycles. The molecule has 0 bridgehead atoms. The van der Waals surface area contributed by atoms with Crippen LogP contribution in [0.5, 0.6) is 5.75 Å². The molecule has 0 radical (unpaired) electrons. The normalized spacial score (nSPS) is 18.3. The summed E-state index contributed by atoms with van der Waals surface area (Å²) in [7, 11) is 0. The molecule has 1 aliphatic heterocycles. The first kappa shape index (κ1) is 14.5. The van der Waals surface area contributed by atoms with E-state index in [1.807, 2.05) is 19.1 Å². The maximum Gasteiger partial charge on any atom is 0.223 e. The summed E-state index contributed by atoms with van der Waals surface area (Å²) in [6.45, 7) is 4.25. The molecular weight excluding hydrogens is 280 g/mol. The Morgan fingerprint density at radius 2 is 2.23 bits per heavy atom. The summed E-state index contributed by atoms with van der Waals surface area (Å²) in [5.41, 5.74) is 0.638. The van der Waals surface area contributed by atoms with Crippen molar-refractivity contribution in [1.82, 2.24) is 15.0 Å². The van der Waals surface area contributed by atoms with E-state index in [4.69, 9.17) is 14.5 Å². The molecule has 6 heteroatoms. The van der Waals surface area contributed by atoms with Crippen LogP contribution < -0.4 is 4.74 Å². The average molecular weight is 298 g/mol. The van der Waals surface area contributed by atoms with E-state index in [1.54, 1.807) is 12.1 Å². The van der Waals surface area contributed by atoms with E-state index in [1.165, 1.54) is 0 Å². The number of nitrogens with zero attached hydrogens (tertiary/aromatic N) is 4. The van der Waals surface area contributed by atoms with E-state index in [0.717, 1.165) is 37.5 Å². The van der Waals surface area contributed by atoms with Crippen molar-refractivity contribution in [2.24, 2.45) is 0 Å². The fourth-order valence-electron chi connectivity index (χ4n) is 2.74. The zero-order chi connectivity index (χ0) is 15.4. The number of likely N-dealkylation sites (tertiary alicyclic amines) is 1. The third kappa shape index (κ3) is 3.26. The van der Waals surface area contributed by atoms with Crippen molar-refractivity contribution < 1.29 is 9.26 Å². The first-order valence-electron chi connectivity index (χ1n) is 7.43. The van der Waals surface area contributed by atoms with Gasteiger partial charge in [-0.05, 0) is 43.7 Å². The Labute approximate surface area is 129 Å². The van der Waals surface area contributed by atoms with E-state index in [-0.39, 0.29) is 6.04 Å². The van der Waals surface area contributed by atoms with Gasteiger partial charge in [-0.3, -0.25) is 4.90 Å².